The smallest absolute Gasteiger partial charge is 0.254 e. The number of anilines is 2. The number of hydrogen-bond acceptors (Lipinski definition) is 4. The predicted octanol–water partition coefficient (Wildman–Crippen LogP) is 5.11. The van der Waals surface area contributed by atoms with Crippen molar-refractivity contribution in [1.29, 1.82) is 0 Å². The minimum Gasteiger partial charge on any atom is -0.340 e. The standard InChI is InChI=1S/C20H18ClN5/c1-12-5-4-6-13(2)18(12)23-17-11-14(3)22-20-24-19(25-26(17)20)15-7-9-16(21)10-8-15/h4-11,23H,1-3H3. The zero-order chi connectivity index (χ0) is 18.3. The third-order valence-electron chi connectivity index (χ3n) is 4.28. The van der Waals surface area contributed by atoms with E-state index in [9.17, 15) is 0 Å². The molecule has 5 nitrogen and oxygen atoms in total. The summed E-state index contributed by atoms with van der Waals surface area (Å²) in [5.74, 6) is 2.01. The molecule has 1 N–H and O–H groups in total. The number of nitrogens with zero attached hydrogens (tertiary/aromatic N) is 4. The molecule has 0 aliphatic rings. The second kappa shape index (κ2) is 6.42. The van der Waals surface area contributed by atoms with E-state index in [2.05, 4.69) is 52.4 Å². The van der Waals surface area contributed by atoms with Crippen LogP contribution in [0.5, 0.6) is 0 Å². The van der Waals surface area contributed by atoms with Crippen molar-refractivity contribution in [2.75, 3.05) is 5.32 Å². The first kappa shape index (κ1) is 16.5. The van der Waals surface area contributed by atoms with Crippen LogP contribution >= 0.6 is 11.6 Å². The molecular formula is C20H18ClN5. The van der Waals surface area contributed by atoms with Crippen molar-refractivity contribution >= 4 is 28.9 Å². The van der Waals surface area contributed by atoms with E-state index in [4.69, 9.17) is 11.6 Å². The second-order valence-electron chi connectivity index (χ2n) is 6.33. The van der Waals surface area contributed by atoms with Crippen LogP contribution in [0.4, 0.5) is 11.5 Å². The highest BCUT2D eigenvalue weighted by Crippen LogP contribution is 2.26. The molecule has 0 aliphatic carbocycles. The number of para-hydroxylation sites is 1. The van der Waals surface area contributed by atoms with Gasteiger partial charge in [-0.05, 0) is 56.2 Å². The Kier molecular flexibility index (Phi) is 4.09. The van der Waals surface area contributed by atoms with Crippen LogP contribution in [-0.4, -0.2) is 19.6 Å². The third-order valence-corrected chi connectivity index (χ3v) is 4.53. The maximum absolute atomic E-state index is 5.98. The van der Waals surface area contributed by atoms with Crippen LogP contribution in [0.3, 0.4) is 0 Å². The molecule has 4 aromatic rings. The topological polar surface area (TPSA) is 55.1 Å². The highest BCUT2D eigenvalue weighted by molar-refractivity contribution is 6.30. The van der Waals surface area contributed by atoms with Crippen molar-refractivity contribution in [2.45, 2.75) is 20.8 Å². The molecule has 0 amide bonds. The van der Waals surface area contributed by atoms with Crippen molar-refractivity contribution in [3.8, 4) is 11.4 Å². The van der Waals surface area contributed by atoms with Gasteiger partial charge >= 0.3 is 0 Å². The van der Waals surface area contributed by atoms with E-state index in [-0.39, 0.29) is 0 Å². The SMILES string of the molecule is Cc1cc(Nc2c(C)cccc2C)n2nc(-c3ccc(Cl)cc3)nc2n1. The van der Waals surface area contributed by atoms with E-state index in [1.54, 1.807) is 4.52 Å². The Morgan fingerprint density at radius 3 is 2.31 bits per heavy atom. The molecule has 0 spiro atoms. The third kappa shape index (κ3) is 3.02. The fraction of sp³-hybridized carbons (Fsp3) is 0.150. The second-order valence-corrected chi connectivity index (χ2v) is 6.77. The lowest BCUT2D eigenvalue weighted by atomic mass is 10.1. The molecule has 0 unspecified atom stereocenters. The number of rotatable bonds is 3. The predicted molar refractivity (Wildman–Crippen MR) is 105 cm³/mol. The Morgan fingerprint density at radius 1 is 0.923 bits per heavy atom. The number of benzene rings is 2. The molecule has 4 rings (SSSR count). The molecule has 2 aromatic carbocycles. The van der Waals surface area contributed by atoms with Crippen molar-refractivity contribution in [1.82, 2.24) is 19.6 Å². The van der Waals surface area contributed by atoms with Gasteiger partial charge < -0.3 is 5.32 Å². The molecule has 2 aromatic heterocycles. The highest BCUT2D eigenvalue weighted by atomic mass is 35.5. The van der Waals surface area contributed by atoms with Crippen LogP contribution in [0.1, 0.15) is 16.8 Å². The summed E-state index contributed by atoms with van der Waals surface area (Å²) >= 11 is 5.98. The zero-order valence-corrected chi connectivity index (χ0v) is 15.5. The van der Waals surface area contributed by atoms with Gasteiger partial charge in [0.15, 0.2) is 5.82 Å². The van der Waals surface area contributed by atoms with Gasteiger partial charge in [-0.1, -0.05) is 29.8 Å². The summed E-state index contributed by atoms with van der Waals surface area (Å²) in [7, 11) is 0. The van der Waals surface area contributed by atoms with Gasteiger partial charge in [-0.3, -0.25) is 0 Å². The van der Waals surface area contributed by atoms with Crippen LogP contribution in [0.25, 0.3) is 17.2 Å². The Balaban J connectivity index is 1.83. The molecule has 0 bridgehead atoms. The first-order chi connectivity index (χ1) is 12.5. The number of fused-ring (bicyclic) bond motifs is 1. The highest BCUT2D eigenvalue weighted by Gasteiger charge is 2.13. The average molecular weight is 364 g/mol. The van der Waals surface area contributed by atoms with E-state index in [0.717, 1.165) is 22.8 Å². The molecule has 0 saturated heterocycles. The molecule has 0 aliphatic heterocycles. The van der Waals surface area contributed by atoms with Crippen LogP contribution in [0.15, 0.2) is 48.5 Å². The van der Waals surface area contributed by atoms with Crippen molar-refractivity contribution < 1.29 is 0 Å². The van der Waals surface area contributed by atoms with Crippen molar-refractivity contribution in [3.63, 3.8) is 0 Å². The van der Waals surface area contributed by atoms with E-state index in [0.29, 0.717) is 16.6 Å². The van der Waals surface area contributed by atoms with Gasteiger partial charge in [0.1, 0.15) is 5.82 Å². The number of hydrogen-bond donors (Lipinski definition) is 1. The summed E-state index contributed by atoms with van der Waals surface area (Å²) < 4.78 is 1.74. The number of halogens is 1. The number of nitrogens with one attached hydrogen (secondary N) is 1. The van der Waals surface area contributed by atoms with Gasteiger partial charge in [0, 0.05) is 28.0 Å². The average Bonchev–Trinajstić information content (AvgIpc) is 3.02. The van der Waals surface area contributed by atoms with Gasteiger partial charge in [0.05, 0.1) is 0 Å². The zero-order valence-electron chi connectivity index (χ0n) is 14.8. The summed E-state index contributed by atoms with van der Waals surface area (Å²) in [4.78, 5) is 9.09. The fourth-order valence-electron chi connectivity index (χ4n) is 2.94. The van der Waals surface area contributed by atoms with Crippen LogP contribution < -0.4 is 5.32 Å². The molecule has 2 heterocycles. The molecule has 0 atom stereocenters. The first-order valence-electron chi connectivity index (χ1n) is 8.35. The van der Waals surface area contributed by atoms with Crippen molar-refractivity contribution in [3.05, 3.63) is 70.4 Å². The maximum atomic E-state index is 5.98. The molecule has 0 fully saturated rings. The lowest BCUT2D eigenvalue weighted by Gasteiger charge is -2.13. The normalized spacial score (nSPS) is 11.1. The lowest BCUT2D eigenvalue weighted by molar-refractivity contribution is 0.939. The number of aromatic nitrogens is 4. The molecular weight excluding hydrogens is 346 g/mol. The Bertz CT molecular complexity index is 1080. The first-order valence-corrected chi connectivity index (χ1v) is 8.72. The Labute approximate surface area is 156 Å². The largest absolute Gasteiger partial charge is 0.340 e. The Morgan fingerprint density at radius 2 is 1.62 bits per heavy atom. The van der Waals surface area contributed by atoms with Crippen LogP contribution in [-0.2, 0) is 0 Å². The summed E-state index contributed by atoms with van der Waals surface area (Å²) in [6.45, 7) is 6.12. The van der Waals surface area contributed by atoms with Crippen LogP contribution in [0.2, 0.25) is 5.02 Å². The fourth-order valence-corrected chi connectivity index (χ4v) is 3.06. The van der Waals surface area contributed by atoms with E-state index in [1.807, 2.05) is 37.3 Å². The Hall–Kier alpha value is -2.92. The number of aryl methyl sites for hydroxylation is 3. The molecule has 130 valence electrons. The van der Waals surface area contributed by atoms with Crippen molar-refractivity contribution in [2.24, 2.45) is 0 Å². The van der Waals surface area contributed by atoms with E-state index < -0.39 is 0 Å². The van der Waals surface area contributed by atoms with Gasteiger partial charge in [0.2, 0.25) is 0 Å². The maximum Gasteiger partial charge on any atom is 0.254 e. The molecule has 6 heteroatoms. The minimum atomic E-state index is 0.559. The lowest BCUT2D eigenvalue weighted by Crippen LogP contribution is -2.04. The van der Waals surface area contributed by atoms with E-state index >= 15 is 0 Å². The monoisotopic (exact) mass is 363 g/mol. The van der Waals surface area contributed by atoms with Gasteiger partial charge in [0.25, 0.3) is 5.78 Å². The summed E-state index contributed by atoms with van der Waals surface area (Å²) in [5.41, 5.74) is 5.19. The summed E-state index contributed by atoms with van der Waals surface area (Å²) in [6.07, 6.45) is 0. The van der Waals surface area contributed by atoms with Gasteiger partial charge in [-0.25, -0.2) is 4.98 Å². The minimum absolute atomic E-state index is 0.559. The molecule has 0 radical (unpaired) electrons. The quantitative estimate of drug-likeness (QED) is 0.549. The summed E-state index contributed by atoms with van der Waals surface area (Å²) in [6, 6.07) is 15.7. The van der Waals surface area contributed by atoms with E-state index in [1.165, 1.54) is 11.1 Å². The van der Waals surface area contributed by atoms with Gasteiger partial charge in [-0.2, -0.15) is 9.50 Å². The molecule has 26 heavy (non-hydrogen) atoms. The van der Waals surface area contributed by atoms with Gasteiger partial charge in [-0.15, -0.1) is 5.10 Å². The van der Waals surface area contributed by atoms with Crippen LogP contribution in [0, 0.1) is 20.8 Å². The summed E-state index contributed by atoms with van der Waals surface area (Å²) in [5, 5.41) is 8.83. The molecule has 0 saturated carbocycles.